The van der Waals surface area contributed by atoms with Crippen LogP contribution in [0.2, 0.25) is 0 Å². The zero-order valence-electron chi connectivity index (χ0n) is 27.4. The summed E-state index contributed by atoms with van der Waals surface area (Å²) in [6.07, 6.45) is 0. The van der Waals surface area contributed by atoms with Gasteiger partial charge in [0.25, 0.3) is 0 Å². The quantitative estimate of drug-likeness (QED) is 0.173. The maximum Gasteiger partial charge on any atom is 0.135 e. The Morgan fingerprint density at radius 3 is 1.56 bits per heavy atom. The first kappa shape index (κ1) is 29.5. The Balaban J connectivity index is 1.13. The van der Waals surface area contributed by atoms with Gasteiger partial charge in [0, 0.05) is 28.0 Å². The van der Waals surface area contributed by atoms with E-state index in [1.165, 1.54) is 44.2 Å². The van der Waals surface area contributed by atoms with Crippen molar-refractivity contribution in [3.8, 4) is 44.7 Å². The van der Waals surface area contributed by atoms with Crippen LogP contribution in [0.25, 0.3) is 66.4 Å². The molecule has 236 valence electrons. The van der Waals surface area contributed by atoms with Crippen LogP contribution in [0.3, 0.4) is 0 Å². The molecule has 0 amide bonds. The van der Waals surface area contributed by atoms with Crippen molar-refractivity contribution < 1.29 is 4.42 Å². The maximum atomic E-state index is 6.30. The summed E-state index contributed by atoms with van der Waals surface area (Å²) in [6.45, 7) is 0. The highest BCUT2D eigenvalue weighted by Crippen LogP contribution is 2.40. The first-order chi connectivity index (χ1) is 24.8. The van der Waals surface area contributed by atoms with E-state index < -0.39 is 0 Å². The minimum Gasteiger partial charge on any atom is -0.456 e. The average molecular weight is 640 g/mol. The zero-order chi connectivity index (χ0) is 33.3. The summed E-state index contributed by atoms with van der Waals surface area (Å²) >= 11 is 0. The van der Waals surface area contributed by atoms with Gasteiger partial charge in [-0.15, -0.1) is 0 Å². The Morgan fingerprint density at radius 1 is 0.320 bits per heavy atom. The van der Waals surface area contributed by atoms with Gasteiger partial charge in [0.1, 0.15) is 11.3 Å². The number of nitrogens with zero attached hydrogens (tertiary/aromatic N) is 1. The predicted molar refractivity (Wildman–Crippen MR) is 210 cm³/mol. The van der Waals surface area contributed by atoms with E-state index >= 15 is 0 Å². The molecule has 9 rings (SSSR count). The molecule has 1 heterocycles. The third-order valence-electron chi connectivity index (χ3n) is 9.47. The van der Waals surface area contributed by atoms with Crippen LogP contribution >= 0.6 is 0 Å². The number of fused-ring (bicyclic) bond motifs is 2. The van der Waals surface area contributed by atoms with Crippen molar-refractivity contribution in [2.24, 2.45) is 0 Å². The van der Waals surface area contributed by atoms with Crippen LogP contribution in [0.1, 0.15) is 0 Å². The number of para-hydroxylation sites is 1. The molecule has 0 saturated heterocycles. The fourth-order valence-electron chi connectivity index (χ4n) is 6.95. The Labute approximate surface area is 292 Å². The van der Waals surface area contributed by atoms with E-state index in [1.54, 1.807) is 0 Å². The molecule has 0 fully saturated rings. The highest BCUT2D eigenvalue weighted by molar-refractivity contribution is 5.97. The number of rotatable bonds is 7. The molecule has 0 bridgehead atoms. The lowest BCUT2D eigenvalue weighted by Crippen LogP contribution is -2.10. The van der Waals surface area contributed by atoms with Gasteiger partial charge in [-0.1, -0.05) is 152 Å². The van der Waals surface area contributed by atoms with Crippen molar-refractivity contribution in [1.82, 2.24) is 0 Å². The summed E-state index contributed by atoms with van der Waals surface area (Å²) in [5, 5.41) is 3.58. The van der Waals surface area contributed by atoms with Crippen molar-refractivity contribution in [3.63, 3.8) is 0 Å². The minimum absolute atomic E-state index is 0.854. The number of benzene rings is 8. The van der Waals surface area contributed by atoms with Crippen molar-refractivity contribution in [1.29, 1.82) is 0 Å². The van der Waals surface area contributed by atoms with Crippen LogP contribution in [0.15, 0.2) is 205 Å². The van der Waals surface area contributed by atoms with Crippen LogP contribution in [0, 0.1) is 0 Å². The van der Waals surface area contributed by atoms with E-state index in [0.29, 0.717) is 0 Å². The van der Waals surface area contributed by atoms with E-state index in [0.717, 1.165) is 39.4 Å². The molecule has 0 N–H and O–H groups in total. The van der Waals surface area contributed by atoms with Gasteiger partial charge in [0.05, 0.1) is 0 Å². The standard InChI is InChI=1S/C48H33NO/c1-2-11-34(12-3-1)35-23-25-36(26-24-35)37-27-29-42(30-28-37)49(44-19-9-17-40(32-44)48-33-41-14-5-7-22-47(41)50-48)43-18-8-16-39(31-43)46-21-10-15-38-13-4-6-20-45(38)46/h1-33H. The Hall–Kier alpha value is -6.64. The van der Waals surface area contributed by atoms with Gasteiger partial charge in [0.15, 0.2) is 0 Å². The highest BCUT2D eigenvalue weighted by atomic mass is 16.3. The molecule has 9 aromatic rings. The SMILES string of the molecule is c1ccc(-c2ccc(-c3ccc(N(c4cccc(-c5cc6ccccc6o5)c4)c4cccc(-c5cccc6ccccc56)c4)cc3)cc2)cc1. The molecular formula is C48H33NO. The first-order valence-electron chi connectivity index (χ1n) is 17.0. The topological polar surface area (TPSA) is 16.4 Å². The van der Waals surface area contributed by atoms with Gasteiger partial charge < -0.3 is 9.32 Å². The Bertz CT molecular complexity index is 2540. The van der Waals surface area contributed by atoms with E-state index in [1.807, 2.05) is 18.2 Å². The maximum absolute atomic E-state index is 6.30. The monoisotopic (exact) mass is 639 g/mol. The second-order valence-corrected chi connectivity index (χ2v) is 12.6. The summed E-state index contributed by atoms with van der Waals surface area (Å²) in [4.78, 5) is 2.34. The summed E-state index contributed by atoms with van der Waals surface area (Å²) in [5.74, 6) is 0.854. The molecule has 0 radical (unpaired) electrons. The Morgan fingerprint density at radius 2 is 0.840 bits per heavy atom. The van der Waals surface area contributed by atoms with Crippen molar-refractivity contribution in [2.75, 3.05) is 4.90 Å². The fraction of sp³-hybridized carbons (Fsp3) is 0. The number of anilines is 3. The summed E-state index contributed by atoms with van der Waals surface area (Å²) in [5.41, 5.74) is 12.3. The molecule has 0 atom stereocenters. The molecule has 50 heavy (non-hydrogen) atoms. The lowest BCUT2D eigenvalue weighted by Gasteiger charge is -2.26. The van der Waals surface area contributed by atoms with Crippen LogP contribution in [-0.2, 0) is 0 Å². The second kappa shape index (κ2) is 12.8. The molecular weight excluding hydrogens is 607 g/mol. The summed E-state index contributed by atoms with van der Waals surface area (Å²) in [7, 11) is 0. The van der Waals surface area contributed by atoms with Crippen molar-refractivity contribution >= 4 is 38.8 Å². The Kier molecular flexibility index (Phi) is 7.53. The smallest absolute Gasteiger partial charge is 0.135 e. The lowest BCUT2D eigenvalue weighted by molar-refractivity contribution is 0.631. The van der Waals surface area contributed by atoms with E-state index in [-0.39, 0.29) is 0 Å². The van der Waals surface area contributed by atoms with E-state index in [4.69, 9.17) is 4.42 Å². The zero-order valence-corrected chi connectivity index (χ0v) is 27.4. The molecule has 0 saturated carbocycles. The molecule has 2 heteroatoms. The van der Waals surface area contributed by atoms with Gasteiger partial charge in [-0.25, -0.2) is 0 Å². The van der Waals surface area contributed by atoms with Crippen molar-refractivity contribution in [3.05, 3.63) is 200 Å². The second-order valence-electron chi connectivity index (χ2n) is 12.6. The van der Waals surface area contributed by atoms with Crippen molar-refractivity contribution in [2.45, 2.75) is 0 Å². The number of furan rings is 1. The number of hydrogen-bond acceptors (Lipinski definition) is 2. The van der Waals surface area contributed by atoms with Gasteiger partial charge >= 0.3 is 0 Å². The predicted octanol–water partition coefficient (Wildman–Crippen LogP) is 13.7. The third kappa shape index (κ3) is 5.63. The minimum atomic E-state index is 0.854. The third-order valence-corrected chi connectivity index (χ3v) is 9.47. The van der Waals surface area contributed by atoms with Gasteiger partial charge in [-0.05, 0) is 92.7 Å². The molecule has 0 aliphatic rings. The lowest BCUT2D eigenvalue weighted by atomic mass is 9.97. The van der Waals surface area contributed by atoms with Crippen LogP contribution in [0.5, 0.6) is 0 Å². The molecule has 0 aliphatic heterocycles. The molecule has 0 aliphatic carbocycles. The molecule has 1 aromatic heterocycles. The fourth-order valence-corrected chi connectivity index (χ4v) is 6.95. The van der Waals surface area contributed by atoms with Gasteiger partial charge in [0.2, 0.25) is 0 Å². The molecule has 2 nitrogen and oxygen atoms in total. The average Bonchev–Trinajstić information content (AvgIpc) is 3.64. The molecule has 0 unspecified atom stereocenters. The molecule has 8 aromatic carbocycles. The van der Waals surface area contributed by atoms with E-state index in [2.05, 4.69) is 187 Å². The van der Waals surface area contributed by atoms with Crippen LogP contribution in [0.4, 0.5) is 17.1 Å². The summed E-state index contributed by atoms with van der Waals surface area (Å²) < 4.78 is 6.30. The normalized spacial score (nSPS) is 11.2. The number of hydrogen-bond donors (Lipinski definition) is 0. The largest absolute Gasteiger partial charge is 0.456 e. The van der Waals surface area contributed by atoms with Crippen LogP contribution in [-0.4, -0.2) is 0 Å². The van der Waals surface area contributed by atoms with Gasteiger partial charge in [-0.3, -0.25) is 0 Å². The van der Waals surface area contributed by atoms with Gasteiger partial charge in [-0.2, -0.15) is 0 Å². The summed E-state index contributed by atoms with van der Waals surface area (Å²) in [6, 6.07) is 71.1. The highest BCUT2D eigenvalue weighted by Gasteiger charge is 2.16. The van der Waals surface area contributed by atoms with Crippen LogP contribution < -0.4 is 4.90 Å². The molecule has 0 spiro atoms. The first-order valence-corrected chi connectivity index (χ1v) is 17.0. The van der Waals surface area contributed by atoms with E-state index in [9.17, 15) is 0 Å².